The molecule has 0 bridgehead atoms. The fraction of sp³-hybridized carbons (Fsp3) is 0.600. The molecule has 2 atom stereocenters. The molecule has 1 rings (SSSR count). The zero-order valence-corrected chi connectivity index (χ0v) is 16.9. The molecule has 25 heavy (non-hydrogen) atoms. The second kappa shape index (κ2) is 7.81. The van der Waals surface area contributed by atoms with Crippen molar-refractivity contribution in [3.05, 3.63) is 28.2 Å². The van der Waals surface area contributed by atoms with Crippen LogP contribution in [0.1, 0.15) is 40.3 Å². The van der Waals surface area contributed by atoms with E-state index in [4.69, 9.17) is 0 Å². The van der Waals surface area contributed by atoms with E-state index in [-0.39, 0.29) is 11.2 Å². The van der Waals surface area contributed by atoms with E-state index in [1.165, 1.54) is 13.0 Å². The first-order chi connectivity index (χ1) is 11.3. The summed E-state index contributed by atoms with van der Waals surface area (Å²) >= 11 is 0.938. The lowest BCUT2D eigenvalue weighted by Gasteiger charge is -2.38. The molecule has 5 nitrogen and oxygen atoms in total. The summed E-state index contributed by atoms with van der Waals surface area (Å²) in [5.41, 5.74) is -3.46. The van der Waals surface area contributed by atoms with Crippen molar-refractivity contribution in [2.24, 2.45) is 0 Å². The van der Waals surface area contributed by atoms with Gasteiger partial charge in [-0.1, -0.05) is 0 Å². The molecule has 0 aliphatic heterocycles. The van der Waals surface area contributed by atoms with Crippen molar-refractivity contribution < 1.29 is 27.3 Å². The van der Waals surface area contributed by atoms with Gasteiger partial charge in [0.2, 0.25) is 0 Å². The van der Waals surface area contributed by atoms with Gasteiger partial charge in [-0.05, 0) is 62.7 Å². The Morgan fingerprint density at radius 3 is 2.40 bits per heavy atom. The van der Waals surface area contributed by atoms with Gasteiger partial charge in [-0.15, -0.1) is 4.72 Å². The molecule has 10 heteroatoms. The Morgan fingerprint density at radius 1 is 1.36 bits per heavy atom. The van der Waals surface area contributed by atoms with E-state index in [2.05, 4.69) is 30.4 Å². The number of rotatable bonds is 6. The largest absolute Gasteiger partial charge is 0.598 e. The highest BCUT2D eigenvalue weighted by Gasteiger charge is 2.63. The molecular weight excluding hydrogens is 425 g/mol. The molecule has 142 valence electrons. The first-order valence-electron chi connectivity index (χ1n) is 7.34. The van der Waals surface area contributed by atoms with Crippen molar-refractivity contribution in [2.75, 3.05) is 6.61 Å². The smallest absolute Gasteiger partial charge is 0.379 e. The number of hydrogen-bond donors (Lipinski definition) is 1. The number of carbonyl (C=O) groups excluding carboxylic acids is 1. The predicted octanol–water partition coefficient (Wildman–Crippen LogP) is 3.45. The third-order valence-electron chi connectivity index (χ3n) is 3.30. The Bertz CT molecular complexity index is 643. The van der Waals surface area contributed by atoms with Gasteiger partial charge in [0.05, 0.1) is 6.61 Å². The van der Waals surface area contributed by atoms with E-state index in [0.29, 0.717) is 0 Å². The summed E-state index contributed by atoms with van der Waals surface area (Å²) < 4.78 is 62.3. The van der Waals surface area contributed by atoms with Crippen molar-refractivity contribution >= 4 is 33.3 Å². The Labute approximate surface area is 156 Å². The third kappa shape index (κ3) is 4.66. The number of aromatic nitrogens is 1. The van der Waals surface area contributed by atoms with Crippen LogP contribution >= 0.6 is 15.9 Å². The van der Waals surface area contributed by atoms with Crippen molar-refractivity contribution in [3.63, 3.8) is 0 Å². The summed E-state index contributed by atoms with van der Waals surface area (Å²) in [5, 5.41) is 0. The Kier molecular flexibility index (Phi) is 6.94. The van der Waals surface area contributed by atoms with Gasteiger partial charge in [0.25, 0.3) is 0 Å². The first-order valence-corrected chi connectivity index (χ1v) is 9.29. The Balaban J connectivity index is 3.56. The molecule has 0 saturated carbocycles. The van der Waals surface area contributed by atoms with Crippen molar-refractivity contribution in [1.29, 1.82) is 0 Å². The molecule has 1 aromatic heterocycles. The van der Waals surface area contributed by atoms with Crippen molar-refractivity contribution in [2.45, 2.75) is 50.8 Å². The summed E-state index contributed by atoms with van der Waals surface area (Å²) in [4.78, 5) is 15.6. The minimum absolute atomic E-state index is 0.0816. The van der Waals surface area contributed by atoms with Gasteiger partial charge >= 0.3 is 11.9 Å². The van der Waals surface area contributed by atoms with E-state index >= 15 is 0 Å². The average molecular weight is 445 g/mol. The molecule has 0 amide bonds. The second-order valence-corrected chi connectivity index (χ2v) is 9.15. The van der Waals surface area contributed by atoms with Crippen LogP contribution in [0.4, 0.5) is 13.2 Å². The first kappa shape index (κ1) is 22.2. The summed E-state index contributed by atoms with van der Waals surface area (Å²) in [7, 11) is 0. The Morgan fingerprint density at radius 2 is 1.92 bits per heavy atom. The predicted molar refractivity (Wildman–Crippen MR) is 91.9 cm³/mol. The van der Waals surface area contributed by atoms with Crippen molar-refractivity contribution in [3.8, 4) is 0 Å². The van der Waals surface area contributed by atoms with Crippen LogP contribution in [-0.4, -0.2) is 32.8 Å². The molecule has 0 aliphatic rings. The number of nitrogens with one attached hydrogen (secondary N) is 1. The number of carbonyl (C=O) groups is 1. The number of alkyl halides is 2. The summed E-state index contributed by atoms with van der Waals surface area (Å²) in [6.07, 6.45) is 0. The summed E-state index contributed by atoms with van der Waals surface area (Å²) in [6.45, 7) is 6.58. The zero-order valence-electron chi connectivity index (χ0n) is 14.5. The number of halogens is 4. The van der Waals surface area contributed by atoms with Gasteiger partial charge in [0, 0.05) is 11.4 Å². The van der Waals surface area contributed by atoms with Crippen LogP contribution in [0.15, 0.2) is 16.7 Å². The average Bonchev–Trinajstić information content (AvgIpc) is 2.48. The van der Waals surface area contributed by atoms with Gasteiger partial charge in [0.15, 0.2) is 5.54 Å². The summed E-state index contributed by atoms with van der Waals surface area (Å²) in [5.74, 6) is -7.18. The number of ether oxygens (including phenoxy) is 1. The molecule has 0 aromatic carbocycles. The number of hydrogen-bond acceptors (Lipinski definition) is 5. The van der Waals surface area contributed by atoms with Crippen LogP contribution in [0.25, 0.3) is 0 Å². The molecule has 0 fully saturated rings. The highest BCUT2D eigenvalue weighted by Crippen LogP contribution is 2.40. The highest BCUT2D eigenvalue weighted by molar-refractivity contribution is 9.10. The lowest BCUT2D eigenvalue weighted by Crippen LogP contribution is -2.62. The maximum absolute atomic E-state index is 14.9. The van der Waals surface area contributed by atoms with Gasteiger partial charge in [-0.3, -0.25) is 0 Å². The van der Waals surface area contributed by atoms with Crippen LogP contribution in [-0.2, 0) is 26.4 Å². The zero-order chi connectivity index (χ0) is 19.6. The fourth-order valence-corrected chi connectivity index (χ4v) is 3.01. The highest BCUT2D eigenvalue weighted by atomic mass is 79.9. The molecule has 0 aliphatic carbocycles. The SMILES string of the molecule is CCOC(=O)C(F)(F)[C@](C)(N[S+]([O-])C(C)(C)C)c1nc(Br)ccc1F. The monoisotopic (exact) mass is 444 g/mol. The molecule has 1 unspecified atom stereocenters. The lowest BCUT2D eigenvalue weighted by atomic mass is 9.90. The maximum atomic E-state index is 14.9. The maximum Gasteiger partial charge on any atom is 0.379 e. The lowest BCUT2D eigenvalue weighted by molar-refractivity contribution is -0.184. The molecular formula is C15H20BrF3N2O3S. The van der Waals surface area contributed by atoms with E-state index in [1.54, 1.807) is 20.8 Å². The molecule has 1 heterocycles. The van der Waals surface area contributed by atoms with Gasteiger partial charge < -0.3 is 9.29 Å². The molecule has 0 saturated heterocycles. The van der Waals surface area contributed by atoms with Gasteiger partial charge in [0.1, 0.15) is 20.9 Å². The van der Waals surface area contributed by atoms with Crippen LogP contribution in [0.2, 0.25) is 0 Å². The number of esters is 1. The topological polar surface area (TPSA) is 74.3 Å². The second-order valence-electron chi connectivity index (χ2n) is 6.37. The van der Waals surface area contributed by atoms with E-state index in [9.17, 15) is 22.5 Å². The number of pyridine rings is 1. The molecule has 1 N–H and O–H groups in total. The number of nitrogens with zero attached hydrogens (tertiary/aromatic N) is 1. The molecule has 0 radical (unpaired) electrons. The van der Waals surface area contributed by atoms with Crippen LogP contribution in [0, 0.1) is 5.82 Å². The standard InChI is InChI=1S/C15H20BrF3N2O3S/c1-6-24-12(22)15(18,19)14(5,21-25(23)13(2,3)4)11-9(17)7-8-10(16)20-11/h7-8,21H,6H2,1-5H3/t14-,25?/m1/s1. The molecule has 0 spiro atoms. The van der Waals surface area contributed by atoms with Gasteiger partial charge in [-0.25, -0.2) is 14.2 Å². The van der Waals surface area contributed by atoms with Crippen LogP contribution in [0.5, 0.6) is 0 Å². The normalized spacial score (nSPS) is 16.2. The minimum atomic E-state index is -4.24. The van der Waals surface area contributed by atoms with Crippen LogP contribution < -0.4 is 4.72 Å². The van der Waals surface area contributed by atoms with Crippen LogP contribution in [0.3, 0.4) is 0 Å². The van der Waals surface area contributed by atoms with Gasteiger partial charge in [-0.2, -0.15) is 8.78 Å². The van der Waals surface area contributed by atoms with E-state index in [1.807, 2.05) is 0 Å². The van der Waals surface area contributed by atoms with Crippen molar-refractivity contribution in [1.82, 2.24) is 9.71 Å². The van der Waals surface area contributed by atoms with E-state index in [0.717, 1.165) is 13.0 Å². The Hall–Kier alpha value is -0.840. The minimum Gasteiger partial charge on any atom is -0.598 e. The fourth-order valence-electron chi connectivity index (χ4n) is 1.79. The third-order valence-corrected chi connectivity index (χ3v) is 5.45. The van der Waals surface area contributed by atoms with E-state index < -0.39 is 45.1 Å². The summed E-state index contributed by atoms with van der Waals surface area (Å²) in [6, 6.07) is 2.15. The quantitative estimate of drug-likeness (QED) is 0.413. The molecule has 1 aromatic rings.